The maximum atomic E-state index is 11.9. The van der Waals surface area contributed by atoms with Crippen molar-refractivity contribution in [1.29, 1.82) is 0 Å². The summed E-state index contributed by atoms with van der Waals surface area (Å²) in [4.78, 5) is 0. The van der Waals surface area contributed by atoms with Crippen LogP contribution in [0.2, 0.25) is 0 Å². The van der Waals surface area contributed by atoms with Gasteiger partial charge in [-0.1, -0.05) is 12.1 Å². The summed E-state index contributed by atoms with van der Waals surface area (Å²) in [5.41, 5.74) is -0.0365. The molecule has 0 nitrogen and oxygen atoms in total. The summed E-state index contributed by atoms with van der Waals surface area (Å²) < 4.78 is 24.3. The van der Waals surface area contributed by atoms with E-state index in [2.05, 4.69) is 28.1 Å². The smallest absolute Gasteiger partial charge is 0.205 e. The fourth-order valence-corrected chi connectivity index (χ4v) is 0.917. The second-order valence-electron chi connectivity index (χ2n) is 1.71. The molecule has 0 radical (unpaired) electrons. The summed E-state index contributed by atoms with van der Waals surface area (Å²) >= 11 is 3.01. The van der Waals surface area contributed by atoms with Gasteiger partial charge in [-0.2, -0.15) is 0 Å². The van der Waals surface area contributed by atoms with E-state index < -0.39 is 6.43 Å². The molecule has 1 aromatic carbocycles. The third-order valence-electron chi connectivity index (χ3n) is 0.976. The average molecular weight is 205 g/mol. The second-order valence-corrected chi connectivity index (χ2v) is 2.56. The molecule has 0 N–H and O–H groups in total. The van der Waals surface area contributed by atoms with Gasteiger partial charge in [0.05, 0.1) is 4.47 Å². The minimum absolute atomic E-state index is 0.0365. The third-order valence-corrected chi connectivity index (χ3v) is 1.40. The Hall–Kier alpha value is -0.620. The summed E-state index contributed by atoms with van der Waals surface area (Å²) in [6, 6.07) is 7.58. The van der Waals surface area contributed by atoms with Gasteiger partial charge in [0, 0.05) is 5.56 Å². The van der Waals surface area contributed by atoms with Crippen LogP contribution >= 0.6 is 15.9 Å². The van der Waals surface area contributed by atoms with E-state index in [-0.39, 0.29) is 5.56 Å². The van der Waals surface area contributed by atoms with Crippen LogP contribution in [0.5, 0.6) is 0 Å². The van der Waals surface area contributed by atoms with Crippen LogP contribution in [0.25, 0.3) is 0 Å². The van der Waals surface area contributed by atoms with Crippen LogP contribution < -0.4 is 0 Å². The molecule has 0 unspecified atom stereocenters. The van der Waals surface area contributed by atoms with Gasteiger partial charge in [0.15, 0.2) is 0 Å². The Morgan fingerprint density at radius 1 is 1.50 bits per heavy atom. The third kappa shape index (κ3) is 1.68. The van der Waals surface area contributed by atoms with Crippen molar-refractivity contribution in [2.24, 2.45) is 0 Å². The molecular formula is C7H3BrF2. The lowest BCUT2D eigenvalue weighted by Gasteiger charge is -1.94. The number of halogens is 3. The van der Waals surface area contributed by atoms with Crippen molar-refractivity contribution in [2.75, 3.05) is 0 Å². The summed E-state index contributed by atoms with van der Waals surface area (Å²) in [5, 5.41) is 0. The van der Waals surface area contributed by atoms with Crippen LogP contribution in [0, 0.1) is 12.1 Å². The van der Waals surface area contributed by atoms with Crippen LogP contribution in [-0.4, -0.2) is 0 Å². The average Bonchev–Trinajstić information content (AvgIpc) is 1.88. The molecule has 0 saturated carbocycles. The van der Waals surface area contributed by atoms with E-state index >= 15 is 0 Å². The molecular weight excluding hydrogens is 202 g/mol. The Bertz CT molecular complexity index is 223. The van der Waals surface area contributed by atoms with Crippen molar-refractivity contribution in [1.82, 2.24) is 0 Å². The largest absolute Gasteiger partial charge is 0.264 e. The van der Waals surface area contributed by atoms with Crippen LogP contribution in [-0.2, 0) is 0 Å². The van der Waals surface area contributed by atoms with Crippen molar-refractivity contribution < 1.29 is 8.78 Å². The highest BCUT2D eigenvalue weighted by atomic mass is 79.9. The first kappa shape index (κ1) is 7.49. The van der Waals surface area contributed by atoms with Crippen molar-refractivity contribution in [3.8, 4) is 0 Å². The van der Waals surface area contributed by atoms with E-state index in [1.165, 1.54) is 12.1 Å². The first-order valence-corrected chi connectivity index (χ1v) is 3.36. The topological polar surface area (TPSA) is 0 Å². The van der Waals surface area contributed by atoms with Crippen LogP contribution in [0.4, 0.5) is 8.78 Å². The molecule has 0 spiro atoms. The molecule has 52 valence electrons. The molecule has 0 aliphatic rings. The molecule has 0 fully saturated rings. The summed E-state index contributed by atoms with van der Waals surface area (Å²) in [7, 11) is 0. The van der Waals surface area contributed by atoms with Crippen molar-refractivity contribution in [3.63, 3.8) is 0 Å². The molecule has 0 bridgehead atoms. The first-order chi connectivity index (χ1) is 4.70. The van der Waals surface area contributed by atoms with Crippen LogP contribution in [0.15, 0.2) is 16.6 Å². The zero-order valence-corrected chi connectivity index (χ0v) is 6.45. The fraction of sp³-hybridized carbons (Fsp3) is 0.143. The summed E-state index contributed by atoms with van der Waals surface area (Å²) in [6.45, 7) is 0. The van der Waals surface area contributed by atoms with Crippen LogP contribution in [0.1, 0.15) is 12.0 Å². The second kappa shape index (κ2) is 2.98. The van der Waals surface area contributed by atoms with E-state index in [1.54, 1.807) is 0 Å². The molecule has 0 aliphatic carbocycles. The Balaban J connectivity index is 2.96. The Kier molecular flexibility index (Phi) is 2.23. The molecule has 0 saturated heterocycles. The van der Waals surface area contributed by atoms with E-state index in [0.717, 1.165) is 0 Å². The molecule has 0 atom stereocenters. The van der Waals surface area contributed by atoms with Gasteiger partial charge in [-0.05, 0) is 28.1 Å². The van der Waals surface area contributed by atoms with E-state index in [0.29, 0.717) is 4.47 Å². The molecule has 1 rings (SSSR count). The summed E-state index contributed by atoms with van der Waals surface area (Å²) in [5.74, 6) is 0. The zero-order chi connectivity index (χ0) is 7.56. The van der Waals surface area contributed by atoms with Gasteiger partial charge in [-0.15, -0.1) is 0 Å². The van der Waals surface area contributed by atoms with Gasteiger partial charge in [0.2, 0.25) is 0 Å². The van der Waals surface area contributed by atoms with Gasteiger partial charge in [0.1, 0.15) is 0 Å². The zero-order valence-electron chi connectivity index (χ0n) is 4.87. The predicted octanol–water partition coefficient (Wildman–Crippen LogP) is 2.99. The normalized spacial score (nSPS) is 9.60. The SMILES string of the molecule is FC(F)c1cc#cc(Br)c1. The monoisotopic (exact) mass is 204 g/mol. The predicted molar refractivity (Wildman–Crippen MR) is 36.8 cm³/mol. The first-order valence-electron chi connectivity index (χ1n) is 2.57. The lowest BCUT2D eigenvalue weighted by Crippen LogP contribution is -1.80. The van der Waals surface area contributed by atoms with E-state index in [9.17, 15) is 8.78 Å². The molecule has 0 aromatic heterocycles. The quantitative estimate of drug-likeness (QED) is 0.660. The van der Waals surface area contributed by atoms with Crippen molar-refractivity contribution >= 4 is 15.9 Å². The molecule has 0 aliphatic heterocycles. The molecule has 0 heterocycles. The summed E-state index contributed by atoms with van der Waals surface area (Å²) in [6.07, 6.45) is -2.43. The minimum Gasteiger partial charge on any atom is -0.205 e. The van der Waals surface area contributed by atoms with Crippen molar-refractivity contribution in [2.45, 2.75) is 6.43 Å². The maximum Gasteiger partial charge on any atom is 0.264 e. The number of hydrogen-bond acceptors (Lipinski definition) is 0. The highest BCUT2D eigenvalue weighted by Crippen LogP contribution is 2.19. The van der Waals surface area contributed by atoms with Gasteiger partial charge < -0.3 is 0 Å². The minimum atomic E-state index is -2.43. The highest BCUT2D eigenvalue weighted by Gasteiger charge is 2.04. The van der Waals surface area contributed by atoms with Gasteiger partial charge >= 0.3 is 0 Å². The molecule has 10 heavy (non-hydrogen) atoms. The lowest BCUT2D eigenvalue weighted by atomic mass is 10.3. The maximum absolute atomic E-state index is 11.9. The Morgan fingerprint density at radius 3 is 2.60 bits per heavy atom. The van der Waals surface area contributed by atoms with Gasteiger partial charge in [0.25, 0.3) is 6.43 Å². The number of alkyl halides is 2. The standard InChI is InChI=1S/C7H3BrF2/c8-6-3-1-2-5(4-6)7(9)10/h2,4,7H. The van der Waals surface area contributed by atoms with Gasteiger partial charge in [-0.3, -0.25) is 0 Å². The van der Waals surface area contributed by atoms with E-state index in [4.69, 9.17) is 0 Å². The number of rotatable bonds is 1. The van der Waals surface area contributed by atoms with Crippen LogP contribution in [0.3, 0.4) is 0 Å². The Labute approximate surface area is 66.0 Å². The fourth-order valence-electron chi connectivity index (χ4n) is 0.538. The lowest BCUT2D eigenvalue weighted by molar-refractivity contribution is 0.151. The highest BCUT2D eigenvalue weighted by molar-refractivity contribution is 9.10. The molecule has 0 amide bonds. The van der Waals surface area contributed by atoms with Gasteiger partial charge in [-0.25, -0.2) is 8.78 Å². The molecule has 3 heteroatoms. The number of hydrogen-bond donors (Lipinski definition) is 0. The van der Waals surface area contributed by atoms with Crippen molar-refractivity contribution in [3.05, 3.63) is 34.3 Å². The molecule has 1 aromatic rings. The van der Waals surface area contributed by atoms with E-state index in [1.807, 2.05) is 0 Å². The Morgan fingerprint density at radius 2 is 2.20 bits per heavy atom.